The summed E-state index contributed by atoms with van der Waals surface area (Å²) in [5.41, 5.74) is 5.98. The molecule has 117 heavy (non-hydrogen) atoms. The van der Waals surface area contributed by atoms with Crippen molar-refractivity contribution in [1.29, 1.82) is 0 Å². The highest BCUT2D eigenvalue weighted by molar-refractivity contribution is 6.06. The van der Waals surface area contributed by atoms with Gasteiger partial charge in [-0.15, -0.1) is 0 Å². The van der Waals surface area contributed by atoms with Gasteiger partial charge in [0.25, 0.3) is 0 Å². The minimum absolute atomic E-state index is 0.00356. The lowest BCUT2D eigenvalue weighted by Gasteiger charge is -2.46. The number of nitrogens with zero attached hydrogens (tertiary/aromatic N) is 13. The number of amides is 6. The zero-order valence-electron chi connectivity index (χ0n) is 65.8. The number of aliphatic hydroxyl groups is 2. The van der Waals surface area contributed by atoms with Gasteiger partial charge in [0.1, 0.15) is 17.3 Å². The molecule has 6 bridgehead atoms. The van der Waals surface area contributed by atoms with Crippen molar-refractivity contribution < 1.29 is 73.6 Å². The highest BCUT2D eigenvalue weighted by Gasteiger charge is 2.44. The number of carbonyl (C=O) groups excluding carboxylic acids is 3. The fourth-order valence-electron chi connectivity index (χ4n) is 15.3. The molecule has 15 rings (SSSR count). The number of hydrogen-bond acceptors (Lipinski definition) is 17. The number of aryl methyl sites for hydroxylation is 4. The molecule has 6 aromatic heterocycles. The highest BCUT2D eigenvalue weighted by Crippen LogP contribution is 2.47. The molecule has 0 unspecified atom stereocenters. The molecule has 12 heterocycles. The number of benzene rings is 3. The van der Waals surface area contributed by atoms with Crippen LogP contribution in [0.2, 0.25) is 0 Å². The zero-order valence-corrected chi connectivity index (χ0v) is 65.8. The standard InChI is InChI=1S/C29H33F3N6O.2C28H30F3N5O3/c1-4-18(2)10-11-20-15-33-27(34-16-20)36-28(39)38-23-9-6-12-37(17-23)24-13-19(3)25(35-26(24)38)21-7-5-8-22(14-21)29(30,31)32;1-17(15-37)16-39-22-8-9-32-24(13-22)33-27(38)36-21-7-4-10-35(14-21)23-11-18(2)25(34-26(23)36)19-5-3-6-20(12-19)28(29,30)31;1-17(15-37)16-39-23-11-21(12-32-13-23)33-27(38)36-22-7-4-8-35(14-22)24-9-18(2)25(34-26(24)36)19-5-3-6-20(10-19)28(29,30)31/h5,7-8,13-16,18,23H,4,6,9-12,17H2,1-3H3,(H,33,34,36,39);3,5-6,8-9,11-13,17,21,37H,4,7,10,14-16H2,1-2H3,(H,32,33,38);3,5-6,9-13,17,22,37H,4,7-8,14-16H2,1-2H3,(H,33,38)/t18-,23-;17-,21+;17-,22+/m011/s1. The molecule has 0 spiro atoms. The van der Waals surface area contributed by atoms with Crippen molar-refractivity contribution in [3.8, 4) is 45.3 Å². The van der Waals surface area contributed by atoms with E-state index in [9.17, 15) is 64.1 Å². The number of aliphatic hydroxyl groups excluding tert-OH is 2. The first-order valence-electron chi connectivity index (χ1n) is 39.2. The second-order valence-corrected chi connectivity index (χ2v) is 30.8. The number of piperidine rings is 3. The van der Waals surface area contributed by atoms with Crippen LogP contribution in [0.3, 0.4) is 0 Å². The molecule has 5 N–H and O–H groups in total. The second-order valence-electron chi connectivity index (χ2n) is 30.8. The maximum Gasteiger partial charge on any atom is 0.416 e. The average molecular weight is 1620 g/mol. The van der Waals surface area contributed by atoms with Crippen LogP contribution in [0.5, 0.6) is 11.5 Å². The van der Waals surface area contributed by atoms with Gasteiger partial charge < -0.3 is 39.7 Å². The van der Waals surface area contributed by atoms with E-state index in [0.29, 0.717) is 113 Å². The number of nitrogens with one attached hydrogen (secondary N) is 3. The van der Waals surface area contributed by atoms with E-state index < -0.39 is 53.3 Å². The third-order valence-corrected chi connectivity index (χ3v) is 21.7. The van der Waals surface area contributed by atoms with Crippen molar-refractivity contribution in [3.63, 3.8) is 0 Å². The number of ether oxygens (including phenoxy) is 2. The average Bonchev–Trinajstić information content (AvgIpc) is 0.755. The van der Waals surface area contributed by atoms with Crippen LogP contribution in [-0.2, 0) is 24.9 Å². The van der Waals surface area contributed by atoms with Crippen LogP contribution in [0.25, 0.3) is 33.8 Å². The Morgan fingerprint density at radius 3 is 1.32 bits per heavy atom. The van der Waals surface area contributed by atoms with E-state index >= 15 is 0 Å². The van der Waals surface area contributed by atoms with Gasteiger partial charge in [0.05, 0.1) is 100 Å². The number of urea groups is 3. The number of aromatic nitrogens is 7. The maximum absolute atomic E-state index is 13.7. The van der Waals surface area contributed by atoms with Crippen molar-refractivity contribution in [2.75, 3.05) is 111 Å². The normalized spacial score (nSPS) is 17.5. The lowest BCUT2D eigenvalue weighted by Crippen LogP contribution is -2.56. The number of rotatable bonds is 18. The zero-order chi connectivity index (χ0) is 83.2. The van der Waals surface area contributed by atoms with E-state index in [1.165, 1.54) is 36.8 Å². The van der Waals surface area contributed by atoms with Crippen LogP contribution >= 0.6 is 0 Å². The summed E-state index contributed by atoms with van der Waals surface area (Å²) < 4.78 is 132. The third kappa shape index (κ3) is 19.5. The quantitative estimate of drug-likeness (QED) is 0.0500. The molecule has 0 aliphatic carbocycles. The topological polar surface area (TPSA) is 256 Å². The van der Waals surface area contributed by atoms with Crippen LogP contribution in [0.15, 0.2) is 140 Å². The molecule has 9 aromatic rings. The summed E-state index contributed by atoms with van der Waals surface area (Å²) in [5.74, 6) is 3.24. The molecule has 6 aliphatic rings. The van der Waals surface area contributed by atoms with Crippen molar-refractivity contribution in [3.05, 3.63) is 179 Å². The fourth-order valence-corrected chi connectivity index (χ4v) is 15.3. The summed E-state index contributed by atoms with van der Waals surface area (Å²) in [4.78, 5) is 83.9. The van der Waals surface area contributed by atoms with Gasteiger partial charge in [-0.2, -0.15) is 39.5 Å². The van der Waals surface area contributed by atoms with E-state index in [1.54, 1.807) is 63.5 Å². The van der Waals surface area contributed by atoms with Crippen LogP contribution in [-0.4, -0.2) is 147 Å². The predicted molar refractivity (Wildman–Crippen MR) is 430 cm³/mol. The number of pyridine rings is 5. The van der Waals surface area contributed by atoms with Crippen LogP contribution in [0, 0.1) is 38.5 Å². The first kappa shape index (κ1) is 83.5. The van der Waals surface area contributed by atoms with E-state index in [-0.39, 0.29) is 49.1 Å². The first-order chi connectivity index (χ1) is 55.9. The Bertz CT molecular complexity index is 4850. The number of anilines is 9. The highest BCUT2D eigenvalue weighted by atomic mass is 19.4. The van der Waals surface area contributed by atoms with Crippen molar-refractivity contribution in [1.82, 2.24) is 34.9 Å². The van der Waals surface area contributed by atoms with Crippen molar-refractivity contribution >= 4 is 70.1 Å². The molecule has 6 amide bonds. The molecule has 6 aliphatic heterocycles. The molecule has 23 nitrogen and oxygen atoms in total. The van der Waals surface area contributed by atoms with Crippen LogP contribution in [0.4, 0.5) is 106 Å². The lowest BCUT2D eigenvalue weighted by atomic mass is 9.97. The molecule has 0 saturated carbocycles. The Balaban J connectivity index is 0.000000152. The summed E-state index contributed by atoms with van der Waals surface area (Å²) in [6.07, 6.45) is 2.73. The first-order valence-corrected chi connectivity index (χ1v) is 39.2. The molecule has 3 saturated heterocycles. The molecular formula is C85H93F9N16O7. The van der Waals surface area contributed by atoms with Gasteiger partial charge in [-0.3, -0.25) is 30.3 Å². The summed E-state index contributed by atoms with van der Waals surface area (Å²) in [7, 11) is 0. The number of hydrogen-bond donors (Lipinski definition) is 5. The number of carbonyl (C=O) groups is 3. The Labute approximate surface area is 671 Å². The van der Waals surface area contributed by atoms with E-state index in [1.807, 2.05) is 52.8 Å². The van der Waals surface area contributed by atoms with Crippen molar-refractivity contribution in [2.24, 2.45) is 17.8 Å². The van der Waals surface area contributed by atoms with Gasteiger partial charge in [-0.1, -0.05) is 70.5 Å². The van der Waals surface area contributed by atoms with E-state index in [2.05, 4.69) is 64.4 Å². The van der Waals surface area contributed by atoms with Crippen LogP contribution in [0.1, 0.15) is 118 Å². The second kappa shape index (κ2) is 35.6. The minimum Gasteiger partial charge on any atom is -0.493 e. The number of halogens is 9. The maximum atomic E-state index is 13.7. The van der Waals surface area contributed by atoms with Crippen LogP contribution < -0.4 is 54.8 Å². The molecule has 0 radical (unpaired) electrons. The molecule has 6 atom stereocenters. The van der Waals surface area contributed by atoms with Gasteiger partial charge in [0.2, 0.25) is 5.95 Å². The lowest BCUT2D eigenvalue weighted by molar-refractivity contribution is -0.138. The number of alkyl halides is 9. The summed E-state index contributed by atoms with van der Waals surface area (Å²) in [6, 6.07) is 24.3. The smallest absolute Gasteiger partial charge is 0.416 e. The van der Waals surface area contributed by atoms with Gasteiger partial charge in [-0.05, 0) is 161 Å². The van der Waals surface area contributed by atoms with Gasteiger partial charge >= 0.3 is 36.6 Å². The molecule has 618 valence electrons. The Morgan fingerprint density at radius 2 is 0.906 bits per heavy atom. The summed E-state index contributed by atoms with van der Waals surface area (Å²) in [6.45, 7) is 18.6. The van der Waals surface area contributed by atoms with Gasteiger partial charge in [-0.25, -0.2) is 44.3 Å². The van der Waals surface area contributed by atoms with E-state index in [4.69, 9.17) is 24.4 Å². The molecular weight excluding hydrogens is 1530 g/mol. The van der Waals surface area contributed by atoms with Gasteiger partial charge in [0.15, 0.2) is 17.5 Å². The predicted octanol–water partition coefficient (Wildman–Crippen LogP) is 17.9. The van der Waals surface area contributed by atoms with Gasteiger partial charge in [0, 0.05) is 112 Å². The third-order valence-electron chi connectivity index (χ3n) is 21.7. The summed E-state index contributed by atoms with van der Waals surface area (Å²) >= 11 is 0. The van der Waals surface area contributed by atoms with E-state index in [0.717, 1.165) is 153 Å². The minimum atomic E-state index is -4.48. The number of fused-ring (bicyclic) bond motifs is 12. The summed E-state index contributed by atoms with van der Waals surface area (Å²) in [5, 5.41) is 27.0. The Morgan fingerprint density at radius 1 is 0.496 bits per heavy atom. The Kier molecular flexibility index (Phi) is 25.4. The monoisotopic (exact) mass is 1620 g/mol. The molecule has 3 fully saturated rings. The Hall–Kier alpha value is -11.4. The largest absolute Gasteiger partial charge is 0.493 e. The van der Waals surface area contributed by atoms with Crippen molar-refractivity contribution in [2.45, 2.75) is 143 Å². The molecule has 3 aromatic carbocycles. The SMILES string of the molecule is CC[C@H](C)CCc1cnc(NC(=O)N2c3nc(-c4cccc(C(F)(F)F)c4)c(C)cc3N3CCC[C@H]2C3)nc1.Cc1cc2c(nc1-c1cccc(C(F)(F)F)c1)N(C(=O)Nc1cc(OC[C@H](C)CO)ccn1)[C@H]1CCCN2C1.Cc1cc2c(nc1-c1cccc(C(F)(F)F)c1)N(C(=O)Nc1cncc(OC[C@H](C)CO)c1)[C@H]1CCCN2C1. The molecule has 32 heteroatoms. The fraction of sp³-hybridized carbons (Fsp3) is 0.412.